The van der Waals surface area contributed by atoms with Crippen LogP contribution in [0, 0.1) is 11.8 Å². The fraction of sp³-hybridized carbons (Fsp3) is 0.545. The van der Waals surface area contributed by atoms with Gasteiger partial charge in [0.1, 0.15) is 0 Å². The van der Waals surface area contributed by atoms with Crippen LogP contribution in [-0.2, 0) is 0 Å². The molecule has 0 spiro atoms. The number of nitrogens with zero attached hydrogens (tertiary/aromatic N) is 2. The monoisotopic (exact) mass is 338 g/mol. The van der Waals surface area contributed by atoms with Crippen LogP contribution in [-0.4, -0.2) is 15.7 Å². The molecule has 134 valence electrons. The standard InChI is InChI=1S/C22H30N2O/c1-6-15(4)22(25)24-21(17-10-8-7-9-11-17)19-16(5)12-13-18(14(2)3)20(19)23-24/h7-11,14-16,18H,6,12-13H2,1-5H3/t15?,16-,18+/m0/s1. The Morgan fingerprint density at radius 2 is 1.88 bits per heavy atom. The molecule has 25 heavy (non-hydrogen) atoms. The molecule has 0 N–H and O–H groups in total. The van der Waals surface area contributed by atoms with Crippen molar-refractivity contribution < 1.29 is 4.79 Å². The second kappa shape index (κ2) is 7.15. The van der Waals surface area contributed by atoms with Gasteiger partial charge in [0.2, 0.25) is 5.91 Å². The highest BCUT2D eigenvalue weighted by molar-refractivity contribution is 5.86. The third-order valence-electron chi connectivity index (χ3n) is 5.80. The van der Waals surface area contributed by atoms with Gasteiger partial charge in [-0.25, -0.2) is 0 Å². The lowest BCUT2D eigenvalue weighted by atomic mass is 9.75. The summed E-state index contributed by atoms with van der Waals surface area (Å²) in [5.41, 5.74) is 4.58. The van der Waals surface area contributed by atoms with Crippen LogP contribution >= 0.6 is 0 Å². The van der Waals surface area contributed by atoms with Gasteiger partial charge in [-0.05, 0) is 31.1 Å². The molecule has 1 aromatic heterocycles. The Balaban J connectivity index is 2.25. The van der Waals surface area contributed by atoms with Crippen molar-refractivity contribution in [3.05, 3.63) is 41.6 Å². The van der Waals surface area contributed by atoms with Crippen molar-refractivity contribution in [2.24, 2.45) is 11.8 Å². The van der Waals surface area contributed by atoms with Crippen molar-refractivity contribution in [3.8, 4) is 11.3 Å². The summed E-state index contributed by atoms with van der Waals surface area (Å²) < 4.78 is 1.73. The molecule has 3 atom stereocenters. The van der Waals surface area contributed by atoms with E-state index in [4.69, 9.17) is 5.10 Å². The molecule has 1 aromatic carbocycles. The highest BCUT2D eigenvalue weighted by Gasteiger charge is 2.35. The smallest absolute Gasteiger partial charge is 0.250 e. The average Bonchev–Trinajstić information content (AvgIpc) is 3.02. The lowest BCUT2D eigenvalue weighted by Gasteiger charge is -2.28. The van der Waals surface area contributed by atoms with Crippen molar-refractivity contribution in [2.75, 3.05) is 0 Å². The maximum absolute atomic E-state index is 13.1. The van der Waals surface area contributed by atoms with Crippen molar-refractivity contribution in [2.45, 2.75) is 65.7 Å². The van der Waals surface area contributed by atoms with E-state index in [0.29, 0.717) is 17.8 Å². The molecule has 0 aliphatic heterocycles. The zero-order valence-electron chi connectivity index (χ0n) is 16.1. The van der Waals surface area contributed by atoms with Crippen LogP contribution in [0.3, 0.4) is 0 Å². The summed E-state index contributed by atoms with van der Waals surface area (Å²) in [5, 5.41) is 4.92. The third kappa shape index (κ3) is 3.17. The first kappa shape index (κ1) is 17.9. The van der Waals surface area contributed by atoms with E-state index < -0.39 is 0 Å². The zero-order chi connectivity index (χ0) is 18.1. The minimum Gasteiger partial charge on any atom is -0.272 e. The maximum Gasteiger partial charge on any atom is 0.250 e. The van der Waals surface area contributed by atoms with Gasteiger partial charge in [0, 0.05) is 23.0 Å². The van der Waals surface area contributed by atoms with Crippen LogP contribution in [0.1, 0.15) is 81.8 Å². The highest BCUT2D eigenvalue weighted by atomic mass is 16.2. The molecule has 3 rings (SSSR count). The van der Waals surface area contributed by atoms with E-state index >= 15 is 0 Å². The van der Waals surface area contributed by atoms with Gasteiger partial charge in [-0.3, -0.25) is 4.79 Å². The Hall–Kier alpha value is -1.90. The molecule has 0 amide bonds. The second-order valence-corrected chi connectivity index (χ2v) is 7.90. The summed E-state index contributed by atoms with van der Waals surface area (Å²) in [4.78, 5) is 13.1. The Bertz CT molecular complexity index is 745. The number of carbonyl (C=O) groups is 1. The number of carbonyl (C=O) groups excluding carboxylic acids is 1. The van der Waals surface area contributed by atoms with Crippen molar-refractivity contribution in [3.63, 3.8) is 0 Å². The molecule has 0 saturated carbocycles. The van der Waals surface area contributed by atoms with Crippen LogP contribution in [0.25, 0.3) is 11.3 Å². The van der Waals surface area contributed by atoms with E-state index in [2.05, 4.69) is 39.8 Å². The number of rotatable bonds is 4. The molecular formula is C22H30N2O. The first-order valence-corrected chi connectivity index (χ1v) is 9.68. The van der Waals surface area contributed by atoms with E-state index in [1.54, 1.807) is 4.68 Å². The van der Waals surface area contributed by atoms with E-state index in [0.717, 1.165) is 29.8 Å². The lowest BCUT2D eigenvalue weighted by Crippen LogP contribution is -2.21. The molecular weight excluding hydrogens is 308 g/mol. The van der Waals surface area contributed by atoms with Gasteiger partial charge in [0.25, 0.3) is 0 Å². The molecule has 0 radical (unpaired) electrons. The van der Waals surface area contributed by atoms with Gasteiger partial charge >= 0.3 is 0 Å². The number of hydrogen-bond acceptors (Lipinski definition) is 2. The highest BCUT2D eigenvalue weighted by Crippen LogP contribution is 2.46. The largest absolute Gasteiger partial charge is 0.272 e. The summed E-state index contributed by atoms with van der Waals surface area (Å²) in [6.07, 6.45) is 3.16. The lowest BCUT2D eigenvalue weighted by molar-refractivity contribution is 0.0826. The molecule has 1 unspecified atom stereocenters. The van der Waals surface area contributed by atoms with E-state index in [1.165, 1.54) is 12.0 Å². The molecule has 1 aliphatic rings. The van der Waals surface area contributed by atoms with Gasteiger partial charge in [-0.1, -0.05) is 65.0 Å². The summed E-state index contributed by atoms with van der Waals surface area (Å²) in [6, 6.07) is 10.3. The van der Waals surface area contributed by atoms with E-state index in [1.807, 2.05) is 25.1 Å². The van der Waals surface area contributed by atoms with Gasteiger partial charge in [-0.15, -0.1) is 0 Å². The molecule has 1 aliphatic carbocycles. The van der Waals surface area contributed by atoms with Crippen LogP contribution in [0.4, 0.5) is 0 Å². The molecule has 0 saturated heterocycles. The number of benzene rings is 1. The summed E-state index contributed by atoms with van der Waals surface area (Å²) in [5.74, 6) is 1.53. The predicted molar refractivity (Wildman–Crippen MR) is 103 cm³/mol. The Kier molecular flexibility index (Phi) is 5.12. The summed E-state index contributed by atoms with van der Waals surface area (Å²) in [7, 11) is 0. The number of aromatic nitrogens is 2. The number of hydrogen-bond donors (Lipinski definition) is 0. The quantitative estimate of drug-likeness (QED) is 0.698. The number of fused-ring (bicyclic) bond motifs is 1. The van der Waals surface area contributed by atoms with Crippen molar-refractivity contribution >= 4 is 5.91 Å². The van der Waals surface area contributed by atoms with Crippen molar-refractivity contribution in [1.29, 1.82) is 0 Å². The second-order valence-electron chi connectivity index (χ2n) is 7.90. The Morgan fingerprint density at radius 1 is 1.20 bits per heavy atom. The summed E-state index contributed by atoms with van der Waals surface area (Å²) >= 11 is 0. The molecule has 0 fully saturated rings. The molecule has 1 heterocycles. The maximum atomic E-state index is 13.1. The first-order valence-electron chi connectivity index (χ1n) is 9.68. The van der Waals surface area contributed by atoms with E-state index in [9.17, 15) is 4.79 Å². The minimum absolute atomic E-state index is 0.0170. The Morgan fingerprint density at radius 3 is 2.48 bits per heavy atom. The topological polar surface area (TPSA) is 34.9 Å². The average molecular weight is 338 g/mol. The zero-order valence-corrected chi connectivity index (χ0v) is 16.1. The fourth-order valence-electron chi connectivity index (χ4n) is 3.98. The molecule has 0 bridgehead atoms. The van der Waals surface area contributed by atoms with Crippen LogP contribution < -0.4 is 0 Å². The van der Waals surface area contributed by atoms with Crippen molar-refractivity contribution in [1.82, 2.24) is 9.78 Å². The van der Waals surface area contributed by atoms with Gasteiger partial charge in [-0.2, -0.15) is 9.78 Å². The SMILES string of the molecule is CCC(C)C(=O)n1nc2c(c1-c1ccccc1)[C@@H](C)CC[C@@H]2C(C)C. The van der Waals surface area contributed by atoms with Gasteiger partial charge in [0.05, 0.1) is 11.4 Å². The van der Waals surface area contributed by atoms with Crippen LogP contribution in [0.2, 0.25) is 0 Å². The van der Waals surface area contributed by atoms with Crippen LogP contribution in [0.5, 0.6) is 0 Å². The minimum atomic E-state index is -0.0170. The van der Waals surface area contributed by atoms with E-state index in [-0.39, 0.29) is 11.8 Å². The predicted octanol–water partition coefficient (Wildman–Crippen LogP) is 5.87. The molecule has 3 nitrogen and oxygen atoms in total. The summed E-state index contributed by atoms with van der Waals surface area (Å²) in [6.45, 7) is 10.9. The van der Waals surface area contributed by atoms with Gasteiger partial charge < -0.3 is 0 Å². The van der Waals surface area contributed by atoms with Crippen LogP contribution in [0.15, 0.2) is 30.3 Å². The first-order chi connectivity index (χ1) is 12.0. The molecule has 2 aromatic rings. The fourth-order valence-corrected chi connectivity index (χ4v) is 3.98. The Labute approximate surface area is 151 Å². The van der Waals surface area contributed by atoms with Gasteiger partial charge in [0.15, 0.2) is 0 Å². The normalized spacial score (nSPS) is 21.2. The molecule has 3 heteroatoms. The third-order valence-corrected chi connectivity index (χ3v) is 5.80.